The Labute approximate surface area is 110 Å². The first-order chi connectivity index (χ1) is 8.74. The molecule has 0 aliphatic heterocycles. The van der Waals surface area contributed by atoms with Gasteiger partial charge in [0.05, 0.1) is 12.7 Å². The van der Waals surface area contributed by atoms with Crippen molar-refractivity contribution in [2.75, 3.05) is 7.11 Å². The van der Waals surface area contributed by atoms with E-state index in [1.165, 1.54) is 11.3 Å². The molecule has 0 fully saturated rings. The number of aryl methyl sites for hydroxylation is 1. The lowest BCUT2D eigenvalue weighted by atomic mass is 10.1. The highest BCUT2D eigenvalue weighted by molar-refractivity contribution is 7.11. The highest BCUT2D eigenvalue weighted by Crippen LogP contribution is 2.25. The largest absolute Gasteiger partial charge is 0.496 e. The third-order valence-electron chi connectivity index (χ3n) is 2.41. The van der Waals surface area contributed by atoms with E-state index in [9.17, 15) is 5.26 Å². The van der Waals surface area contributed by atoms with E-state index in [0.29, 0.717) is 5.57 Å². The van der Waals surface area contributed by atoms with Gasteiger partial charge in [-0.15, -0.1) is 11.3 Å². The summed E-state index contributed by atoms with van der Waals surface area (Å²) in [6.07, 6.45) is 1.80. The number of thiazole rings is 1. The smallest absolute Gasteiger partial charge is 0.134 e. The van der Waals surface area contributed by atoms with Crippen LogP contribution in [0.2, 0.25) is 0 Å². The number of allylic oxidation sites excluding steroid dienone is 1. The molecule has 0 bridgehead atoms. The maximum atomic E-state index is 9.22. The minimum Gasteiger partial charge on any atom is -0.496 e. The van der Waals surface area contributed by atoms with Gasteiger partial charge in [0.15, 0.2) is 0 Å². The lowest BCUT2D eigenvalue weighted by Crippen LogP contribution is -1.87. The van der Waals surface area contributed by atoms with Crippen molar-refractivity contribution in [2.45, 2.75) is 6.92 Å². The highest BCUT2D eigenvalue weighted by atomic mass is 32.1. The number of hydrogen-bond acceptors (Lipinski definition) is 4. The molecule has 0 saturated carbocycles. The molecule has 0 saturated heterocycles. The lowest BCUT2D eigenvalue weighted by Gasteiger charge is -2.03. The predicted octanol–water partition coefficient (Wildman–Crippen LogP) is 3.52. The van der Waals surface area contributed by atoms with E-state index in [0.717, 1.165) is 22.0 Å². The van der Waals surface area contributed by atoms with Gasteiger partial charge in [0.2, 0.25) is 0 Å². The van der Waals surface area contributed by atoms with E-state index in [-0.39, 0.29) is 0 Å². The molecule has 0 amide bonds. The quantitative estimate of drug-likeness (QED) is 0.789. The molecule has 0 spiro atoms. The van der Waals surface area contributed by atoms with Crippen LogP contribution in [0.25, 0.3) is 11.6 Å². The molecule has 0 radical (unpaired) electrons. The van der Waals surface area contributed by atoms with E-state index < -0.39 is 0 Å². The van der Waals surface area contributed by atoms with Gasteiger partial charge in [-0.25, -0.2) is 4.98 Å². The van der Waals surface area contributed by atoms with Crippen LogP contribution in [0, 0.1) is 18.3 Å². The molecule has 4 heteroatoms. The van der Waals surface area contributed by atoms with Gasteiger partial charge in [0.1, 0.15) is 16.8 Å². The number of para-hydroxylation sites is 1. The van der Waals surface area contributed by atoms with E-state index in [1.54, 1.807) is 13.2 Å². The van der Waals surface area contributed by atoms with Crippen molar-refractivity contribution < 1.29 is 4.74 Å². The number of hydrogen-bond donors (Lipinski definition) is 0. The molecule has 90 valence electrons. The summed E-state index contributed by atoms with van der Waals surface area (Å²) in [7, 11) is 1.62. The number of nitriles is 1. The van der Waals surface area contributed by atoms with Crippen LogP contribution in [0.15, 0.2) is 29.6 Å². The number of benzene rings is 1. The summed E-state index contributed by atoms with van der Waals surface area (Å²) in [5.74, 6) is 0.749. The molecule has 1 aromatic carbocycles. The number of aromatic nitrogens is 1. The zero-order chi connectivity index (χ0) is 13.0. The second-order valence-electron chi connectivity index (χ2n) is 3.71. The Morgan fingerprint density at radius 3 is 2.83 bits per heavy atom. The molecular formula is C14H12N2OS. The van der Waals surface area contributed by atoms with Crippen molar-refractivity contribution in [1.82, 2.24) is 4.98 Å². The van der Waals surface area contributed by atoms with Crippen molar-refractivity contribution in [2.24, 2.45) is 0 Å². The fraction of sp³-hybridized carbons (Fsp3) is 0.143. The summed E-state index contributed by atoms with van der Waals surface area (Å²) in [5.41, 5.74) is 2.36. The maximum Gasteiger partial charge on any atom is 0.134 e. The molecule has 2 rings (SSSR count). The van der Waals surface area contributed by atoms with Gasteiger partial charge in [0.25, 0.3) is 0 Å². The van der Waals surface area contributed by atoms with Gasteiger partial charge in [-0.3, -0.25) is 0 Å². The predicted molar refractivity (Wildman–Crippen MR) is 73.3 cm³/mol. The average Bonchev–Trinajstić information content (AvgIpc) is 2.83. The van der Waals surface area contributed by atoms with Crippen molar-refractivity contribution in [1.29, 1.82) is 5.26 Å². The van der Waals surface area contributed by atoms with Gasteiger partial charge < -0.3 is 4.74 Å². The second-order valence-corrected chi connectivity index (χ2v) is 4.56. The Kier molecular flexibility index (Phi) is 3.75. The number of nitrogens with zero attached hydrogens (tertiary/aromatic N) is 2. The first-order valence-corrected chi connectivity index (χ1v) is 6.30. The summed E-state index contributed by atoms with van der Waals surface area (Å²) < 4.78 is 5.26. The summed E-state index contributed by atoms with van der Waals surface area (Å²) in [6.45, 7) is 1.91. The molecule has 0 aliphatic carbocycles. The number of rotatable bonds is 3. The van der Waals surface area contributed by atoms with Crippen LogP contribution >= 0.6 is 11.3 Å². The molecule has 2 aromatic rings. The maximum absolute atomic E-state index is 9.22. The molecule has 0 atom stereocenters. The average molecular weight is 256 g/mol. The summed E-state index contributed by atoms with van der Waals surface area (Å²) in [6, 6.07) is 9.78. The van der Waals surface area contributed by atoms with Crippen molar-refractivity contribution in [3.05, 3.63) is 45.9 Å². The molecule has 1 aromatic heterocycles. The zero-order valence-electron chi connectivity index (χ0n) is 10.2. The molecule has 3 nitrogen and oxygen atoms in total. The second kappa shape index (κ2) is 5.48. The molecule has 0 aliphatic rings. The Balaban J connectivity index is 2.45. The third-order valence-corrected chi connectivity index (χ3v) is 3.40. The van der Waals surface area contributed by atoms with Crippen LogP contribution in [-0.4, -0.2) is 12.1 Å². The minimum atomic E-state index is 0.553. The lowest BCUT2D eigenvalue weighted by molar-refractivity contribution is 0.414. The first kappa shape index (κ1) is 12.3. The monoisotopic (exact) mass is 256 g/mol. The topological polar surface area (TPSA) is 45.9 Å². The normalized spacial score (nSPS) is 11.1. The summed E-state index contributed by atoms with van der Waals surface area (Å²) in [4.78, 5) is 4.32. The van der Waals surface area contributed by atoms with E-state index in [2.05, 4.69) is 11.1 Å². The molecular weight excluding hydrogens is 244 g/mol. The molecule has 0 N–H and O–H groups in total. The van der Waals surface area contributed by atoms with Crippen LogP contribution in [0.4, 0.5) is 0 Å². The van der Waals surface area contributed by atoms with Crippen molar-refractivity contribution >= 4 is 23.0 Å². The van der Waals surface area contributed by atoms with Crippen molar-refractivity contribution in [3.8, 4) is 11.8 Å². The fourth-order valence-electron chi connectivity index (χ4n) is 1.56. The number of methoxy groups -OCH3 is 1. The van der Waals surface area contributed by atoms with E-state index >= 15 is 0 Å². The SMILES string of the molecule is COc1ccccc1C=C(C#N)c1nc(C)cs1. The van der Waals surface area contributed by atoms with Crippen molar-refractivity contribution in [3.63, 3.8) is 0 Å². The van der Waals surface area contributed by atoms with E-state index in [1.807, 2.05) is 36.6 Å². The van der Waals surface area contributed by atoms with Gasteiger partial charge in [0, 0.05) is 16.6 Å². The fourth-order valence-corrected chi connectivity index (χ4v) is 2.32. The Morgan fingerprint density at radius 1 is 1.44 bits per heavy atom. The van der Waals surface area contributed by atoms with Gasteiger partial charge in [-0.1, -0.05) is 18.2 Å². The summed E-state index contributed by atoms with van der Waals surface area (Å²) in [5, 5.41) is 11.9. The van der Waals surface area contributed by atoms with Crippen LogP contribution in [0.1, 0.15) is 16.3 Å². The zero-order valence-corrected chi connectivity index (χ0v) is 11.0. The van der Waals surface area contributed by atoms with Crippen LogP contribution in [-0.2, 0) is 0 Å². The van der Waals surface area contributed by atoms with Crippen LogP contribution in [0.5, 0.6) is 5.75 Å². The van der Waals surface area contributed by atoms with Gasteiger partial charge in [-0.05, 0) is 19.1 Å². The third kappa shape index (κ3) is 2.58. The van der Waals surface area contributed by atoms with Gasteiger partial charge >= 0.3 is 0 Å². The van der Waals surface area contributed by atoms with Crippen LogP contribution in [0.3, 0.4) is 0 Å². The Hall–Kier alpha value is -2.12. The van der Waals surface area contributed by atoms with Gasteiger partial charge in [-0.2, -0.15) is 5.26 Å². The highest BCUT2D eigenvalue weighted by Gasteiger charge is 2.07. The molecule has 18 heavy (non-hydrogen) atoms. The minimum absolute atomic E-state index is 0.553. The van der Waals surface area contributed by atoms with E-state index in [4.69, 9.17) is 4.74 Å². The first-order valence-electron chi connectivity index (χ1n) is 5.42. The molecule has 0 unspecified atom stereocenters. The Bertz CT molecular complexity index is 623. The Morgan fingerprint density at radius 2 is 2.22 bits per heavy atom. The standard InChI is InChI=1S/C14H12N2OS/c1-10-9-18-14(16-10)12(8-15)7-11-5-3-4-6-13(11)17-2/h3-7,9H,1-2H3. The molecule has 1 heterocycles. The summed E-state index contributed by atoms with van der Waals surface area (Å²) >= 11 is 1.47. The van der Waals surface area contributed by atoms with Crippen LogP contribution < -0.4 is 4.74 Å². The number of ether oxygens (including phenoxy) is 1.